The Kier molecular flexibility index (Phi) is 1.39. The van der Waals surface area contributed by atoms with E-state index < -0.39 is 0 Å². The van der Waals surface area contributed by atoms with Crippen LogP contribution in [0.5, 0.6) is 0 Å². The lowest BCUT2D eigenvalue weighted by atomic mass is 10.1. The second kappa shape index (κ2) is 2.55. The van der Waals surface area contributed by atoms with Crippen LogP contribution in [-0.4, -0.2) is 30.3 Å². The van der Waals surface area contributed by atoms with E-state index in [0.29, 0.717) is 6.04 Å². The normalized spacial score (nSPS) is 24.3. The van der Waals surface area contributed by atoms with E-state index in [1.54, 1.807) is 0 Å². The first-order chi connectivity index (χ1) is 6.45. The second-order valence-corrected chi connectivity index (χ2v) is 3.54. The molecular formula is C10H11N3. The Labute approximate surface area is 77.1 Å². The summed E-state index contributed by atoms with van der Waals surface area (Å²) in [6.45, 7) is 1.85. The molecule has 0 radical (unpaired) electrons. The molecule has 1 aromatic rings. The van der Waals surface area contributed by atoms with E-state index in [4.69, 9.17) is 0 Å². The van der Waals surface area contributed by atoms with Gasteiger partial charge < -0.3 is 4.90 Å². The minimum Gasteiger partial charge on any atom is -0.346 e. The van der Waals surface area contributed by atoms with Gasteiger partial charge in [-0.1, -0.05) is 6.07 Å². The van der Waals surface area contributed by atoms with E-state index in [1.807, 2.05) is 18.5 Å². The van der Waals surface area contributed by atoms with Gasteiger partial charge in [0.1, 0.15) is 5.82 Å². The molecule has 0 saturated heterocycles. The Hall–Kier alpha value is -1.38. The number of nitrogens with zero attached hydrogens (tertiary/aromatic N) is 3. The van der Waals surface area contributed by atoms with Crippen molar-refractivity contribution in [2.24, 2.45) is 4.99 Å². The summed E-state index contributed by atoms with van der Waals surface area (Å²) in [6, 6.07) is 4.74. The minimum atomic E-state index is 0.565. The van der Waals surface area contributed by atoms with Crippen LogP contribution in [0.3, 0.4) is 0 Å². The predicted molar refractivity (Wildman–Crippen MR) is 52.4 cm³/mol. The Morgan fingerprint density at radius 3 is 3.46 bits per heavy atom. The van der Waals surface area contributed by atoms with Crippen LogP contribution in [0.15, 0.2) is 23.3 Å². The van der Waals surface area contributed by atoms with Crippen molar-refractivity contribution in [3.05, 3.63) is 23.9 Å². The van der Waals surface area contributed by atoms with E-state index in [9.17, 15) is 0 Å². The highest BCUT2D eigenvalue weighted by Gasteiger charge is 2.30. The van der Waals surface area contributed by atoms with Crippen LogP contribution in [0, 0.1) is 0 Å². The zero-order chi connectivity index (χ0) is 8.67. The highest BCUT2D eigenvalue weighted by atomic mass is 15.3. The lowest BCUT2D eigenvalue weighted by Crippen LogP contribution is -2.39. The van der Waals surface area contributed by atoms with Gasteiger partial charge in [-0.25, -0.2) is 4.98 Å². The van der Waals surface area contributed by atoms with Crippen LogP contribution in [0.25, 0.3) is 0 Å². The number of aromatic nitrogens is 1. The third-order valence-electron chi connectivity index (χ3n) is 2.76. The number of fused-ring (bicyclic) bond motifs is 3. The zero-order valence-electron chi connectivity index (χ0n) is 7.35. The third-order valence-corrected chi connectivity index (χ3v) is 2.76. The molecule has 0 N–H and O–H groups in total. The smallest absolute Gasteiger partial charge is 0.132 e. The average molecular weight is 173 g/mol. The molecule has 66 valence electrons. The summed E-state index contributed by atoms with van der Waals surface area (Å²) in [4.78, 5) is 11.1. The molecule has 3 heterocycles. The lowest BCUT2D eigenvalue weighted by Gasteiger charge is -2.26. The monoisotopic (exact) mass is 173 g/mol. The molecule has 3 rings (SSSR count). The second-order valence-electron chi connectivity index (χ2n) is 3.54. The number of anilines is 1. The van der Waals surface area contributed by atoms with Crippen molar-refractivity contribution in [3.8, 4) is 0 Å². The number of hydrogen-bond donors (Lipinski definition) is 0. The molecule has 3 nitrogen and oxygen atoms in total. The predicted octanol–water partition coefficient (Wildman–Crippen LogP) is 0.897. The van der Waals surface area contributed by atoms with Crippen LogP contribution in [-0.2, 0) is 6.42 Å². The summed E-state index contributed by atoms with van der Waals surface area (Å²) in [5, 5.41) is 0. The zero-order valence-corrected chi connectivity index (χ0v) is 7.35. The van der Waals surface area contributed by atoms with Crippen molar-refractivity contribution in [1.82, 2.24) is 4.98 Å². The van der Waals surface area contributed by atoms with Gasteiger partial charge in [-0.05, 0) is 18.1 Å². The Balaban J connectivity index is 2.05. The van der Waals surface area contributed by atoms with Gasteiger partial charge in [-0.15, -0.1) is 0 Å². The summed E-state index contributed by atoms with van der Waals surface area (Å²) >= 11 is 0. The fourth-order valence-electron chi connectivity index (χ4n) is 2.13. The molecule has 13 heavy (non-hydrogen) atoms. The fourth-order valence-corrected chi connectivity index (χ4v) is 2.13. The van der Waals surface area contributed by atoms with Gasteiger partial charge >= 0.3 is 0 Å². The van der Waals surface area contributed by atoms with Gasteiger partial charge in [0.2, 0.25) is 0 Å². The standard InChI is InChI=1S/C10H11N3/c1-2-8-6-9-7-11-4-5-13(9)10(8)12-3-1/h1-4,9H,5-7H2. The van der Waals surface area contributed by atoms with Gasteiger partial charge in [-0.2, -0.15) is 0 Å². The van der Waals surface area contributed by atoms with Crippen molar-refractivity contribution in [2.75, 3.05) is 18.0 Å². The maximum Gasteiger partial charge on any atom is 0.132 e. The third kappa shape index (κ3) is 0.963. The van der Waals surface area contributed by atoms with Gasteiger partial charge in [-0.3, -0.25) is 4.99 Å². The molecular weight excluding hydrogens is 162 g/mol. The van der Waals surface area contributed by atoms with E-state index in [-0.39, 0.29) is 0 Å². The highest BCUT2D eigenvalue weighted by molar-refractivity contribution is 5.70. The molecule has 0 aliphatic carbocycles. The van der Waals surface area contributed by atoms with Crippen LogP contribution in [0.1, 0.15) is 5.56 Å². The number of rotatable bonds is 0. The maximum absolute atomic E-state index is 4.41. The van der Waals surface area contributed by atoms with Gasteiger partial charge in [0.25, 0.3) is 0 Å². The Bertz CT molecular complexity index is 359. The number of aliphatic imine (C=N–C) groups is 1. The molecule has 0 fully saturated rings. The van der Waals surface area contributed by atoms with E-state index >= 15 is 0 Å². The largest absolute Gasteiger partial charge is 0.346 e. The van der Waals surface area contributed by atoms with Crippen LogP contribution in [0.4, 0.5) is 5.82 Å². The van der Waals surface area contributed by atoms with E-state index in [0.717, 1.165) is 19.5 Å². The van der Waals surface area contributed by atoms with Crippen molar-refractivity contribution in [3.63, 3.8) is 0 Å². The first-order valence-electron chi connectivity index (χ1n) is 4.64. The van der Waals surface area contributed by atoms with Gasteiger partial charge in [0.15, 0.2) is 0 Å². The van der Waals surface area contributed by atoms with E-state index in [2.05, 4.69) is 20.9 Å². The first kappa shape index (κ1) is 7.06. The molecule has 2 aliphatic rings. The molecule has 3 heteroatoms. The molecule has 0 spiro atoms. The van der Waals surface area contributed by atoms with Crippen LogP contribution in [0.2, 0.25) is 0 Å². The van der Waals surface area contributed by atoms with Crippen molar-refractivity contribution >= 4 is 12.0 Å². The molecule has 1 unspecified atom stereocenters. The maximum atomic E-state index is 4.41. The van der Waals surface area contributed by atoms with Crippen molar-refractivity contribution < 1.29 is 0 Å². The molecule has 1 atom stereocenters. The molecule has 0 aromatic carbocycles. The first-order valence-corrected chi connectivity index (χ1v) is 4.64. The van der Waals surface area contributed by atoms with Crippen LogP contribution >= 0.6 is 0 Å². The van der Waals surface area contributed by atoms with Crippen LogP contribution < -0.4 is 4.90 Å². The summed E-state index contributed by atoms with van der Waals surface area (Å²) in [5.41, 5.74) is 1.37. The number of hydrogen-bond acceptors (Lipinski definition) is 3. The number of pyridine rings is 1. The molecule has 1 aromatic heterocycles. The van der Waals surface area contributed by atoms with Crippen molar-refractivity contribution in [1.29, 1.82) is 0 Å². The molecule has 0 amide bonds. The summed E-state index contributed by atoms with van der Waals surface area (Å²) < 4.78 is 0. The van der Waals surface area contributed by atoms with E-state index in [1.165, 1.54) is 11.4 Å². The molecule has 2 aliphatic heterocycles. The molecule has 0 saturated carbocycles. The summed E-state index contributed by atoms with van der Waals surface area (Å²) in [7, 11) is 0. The average Bonchev–Trinajstić information content (AvgIpc) is 2.56. The molecule has 0 bridgehead atoms. The van der Waals surface area contributed by atoms with Crippen molar-refractivity contribution in [2.45, 2.75) is 12.5 Å². The minimum absolute atomic E-state index is 0.565. The van der Waals surface area contributed by atoms with Gasteiger partial charge in [0, 0.05) is 12.4 Å². The summed E-state index contributed by atoms with van der Waals surface area (Å²) in [6.07, 6.45) is 4.97. The Morgan fingerprint density at radius 2 is 2.46 bits per heavy atom. The summed E-state index contributed by atoms with van der Waals surface area (Å²) in [5.74, 6) is 1.17. The SMILES string of the molecule is C1=NCC2Cc3cccnc3N2C1. The highest BCUT2D eigenvalue weighted by Crippen LogP contribution is 2.30. The topological polar surface area (TPSA) is 28.5 Å². The quantitative estimate of drug-likeness (QED) is 0.583. The Morgan fingerprint density at radius 1 is 1.46 bits per heavy atom. The fraction of sp³-hybridized carbons (Fsp3) is 0.400. The lowest BCUT2D eigenvalue weighted by molar-refractivity contribution is 0.644. The van der Waals surface area contributed by atoms with Gasteiger partial charge in [0.05, 0.1) is 19.1 Å².